The Morgan fingerprint density at radius 1 is 1.10 bits per heavy atom. The molecule has 2 amide bonds. The molecule has 0 fully saturated rings. The third-order valence-corrected chi connectivity index (χ3v) is 4.49. The van der Waals surface area contributed by atoms with Gasteiger partial charge in [0.1, 0.15) is 0 Å². The monoisotopic (exact) mass is 431 g/mol. The molecule has 0 radical (unpaired) electrons. The fourth-order valence-electron chi connectivity index (χ4n) is 2.45. The third kappa shape index (κ3) is 7.40. The van der Waals surface area contributed by atoms with Gasteiger partial charge in [-0.1, -0.05) is 24.6 Å². The lowest BCUT2D eigenvalue weighted by molar-refractivity contribution is -0.124. The number of aryl methyl sites for hydroxylation is 1. The van der Waals surface area contributed by atoms with E-state index >= 15 is 0 Å². The summed E-state index contributed by atoms with van der Waals surface area (Å²) in [7, 11) is 1.56. The summed E-state index contributed by atoms with van der Waals surface area (Å²) in [4.78, 5) is 23.9. The second kappa shape index (κ2) is 11.8. The molecule has 2 aromatic rings. The molecule has 0 heterocycles. The van der Waals surface area contributed by atoms with E-state index in [1.54, 1.807) is 31.4 Å². The Morgan fingerprint density at radius 2 is 1.87 bits per heavy atom. The van der Waals surface area contributed by atoms with Gasteiger partial charge in [-0.3, -0.25) is 9.59 Å². The zero-order valence-electron chi connectivity index (χ0n) is 17.3. The number of amides is 2. The molecule has 7 nitrogen and oxygen atoms in total. The quantitative estimate of drug-likeness (QED) is 0.433. The minimum Gasteiger partial charge on any atom is -0.493 e. The highest BCUT2D eigenvalue weighted by Crippen LogP contribution is 2.27. The van der Waals surface area contributed by atoms with Gasteiger partial charge in [0.15, 0.2) is 11.5 Å². The van der Waals surface area contributed by atoms with Gasteiger partial charge < -0.3 is 14.8 Å². The SMILES string of the molecule is CCCOc1ccc(C=NNC(=O)CCC(=O)Nc2ccc(C)c(Cl)c2)cc1OC. The Morgan fingerprint density at radius 3 is 2.57 bits per heavy atom. The maximum atomic E-state index is 12.0. The van der Waals surface area contributed by atoms with Crippen LogP contribution in [0.3, 0.4) is 0 Å². The lowest BCUT2D eigenvalue weighted by Crippen LogP contribution is -2.20. The molecular weight excluding hydrogens is 406 g/mol. The van der Waals surface area contributed by atoms with Gasteiger partial charge in [0.05, 0.1) is 19.9 Å². The first kappa shape index (κ1) is 23.2. The minimum atomic E-state index is -0.363. The number of nitrogens with one attached hydrogen (secondary N) is 2. The number of rotatable bonds is 10. The van der Waals surface area contributed by atoms with Crippen LogP contribution in [0, 0.1) is 6.92 Å². The van der Waals surface area contributed by atoms with Crippen LogP contribution in [-0.4, -0.2) is 31.7 Å². The van der Waals surface area contributed by atoms with Gasteiger partial charge in [-0.15, -0.1) is 0 Å². The van der Waals surface area contributed by atoms with Gasteiger partial charge >= 0.3 is 0 Å². The normalized spacial score (nSPS) is 10.7. The molecule has 0 aliphatic heterocycles. The van der Waals surface area contributed by atoms with Crippen molar-refractivity contribution in [1.29, 1.82) is 0 Å². The Bertz CT molecular complexity index is 915. The van der Waals surface area contributed by atoms with E-state index in [9.17, 15) is 9.59 Å². The summed E-state index contributed by atoms with van der Waals surface area (Å²) >= 11 is 6.04. The highest BCUT2D eigenvalue weighted by Gasteiger charge is 2.08. The van der Waals surface area contributed by atoms with E-state index in [-0.39, 0.29) is 24.7 Å². The maximum absolute atomic E-state index is 12.0. The topological polar surface area (TPSA) is 89.0 Å². The van der Waals surface area contributed by atoms with Crippen LogP contribution in [0.5, 0.6) is 11.5 Å². The van der Waals surface area contributed by atoms with Gasteiger partial charge in [0.25, 0.3) is 0 Å². The highest BCUT2D eigenvalue weighted by molar-refractivity contribution is 6.31. The van der Waals surface area contributed by atoms with Crippen LogP contribution in [0.15, 0.2) is 41.5 Å². The number of methoxy groups -OCH3 is 1. The number of carbonyl (C=O) groups excluding carboxylic acids is 2. The van der Waals surface area contributed by atoms with E-state index in [0.29, 0.717) is 28.8 Å². The first-order valence-electron chi connectivity index (χ1n) is 9.61. The van der Waals surface area contributed by atoms with Crippen LogP contribution in [0.25, 0.3) is 0 Å². The molecule has 2 aromatic carbocycles. The molecule has 30 heavy (non-hydrogen) atoms. The van der Waals surface area contributed by atoms with Crippen LogP contribution in [0.4, 0.5) is 5.69 Å². The average Bonchev–Trinajstić information content (AvgIpc) is 2.73. The Labute approximate surface area is 181 Å². The van der Waals surface area contributed by atoms with Gasteiger partial charge in [0.2, 0.25) is 11.8 Å². The van der Waals surface area contributed by atoms with Crippen molar-refractivity contribution in [1.82, 2.24) is 5.43 Å². The zero-order valence-corrected chi connectivity index (χ0v) is 18.1. The predicted octanol–water partition coefficient (Wildman–Crippen LogP) is 4.31. The number of hydrogen-bond acceptors (Lipinski definition) is 5. The Hall–Kier alpha value is -3.06. The number of benzene rings is 2. The van der Waals surface area contributed by atoms with Crippen LogP contribution in [0.1, 0.15) is 37.3 Å². The van der Waals surface area contributed by atoms with E-state index < -0.39 is 0 Å². The van der Waals surface area contributed by atoms with Crippen molar-refractivity contribution in [3.8, 4) is 11.5 Å². The Balaban J connectivity index is 1.80. The summed E-state index contributed by atoms with van der Waals surface area (Å²) < 4.78 is 10.9. The molecule has 0 saturated carbocycles. The summed E-state index contributed by atoms with van der Waals surface area (Å²) in [6.45, 7) is 4.51. The molecule has 8 heteroatoms. The standard InChI is InChI=1S/C22H26ClN3O4/c1-4-11-30-19-8-6-16(12-20(19)29-3)14-24-26-22(28)10-9-21(27)25-17-7-5-15(2)18(23)13-17/h5-8,12-14H,4,9-11H2,1-3H3,(H,25,27)(H,26,28). The van der Waals surface area contributed by atoms with Crippen LogP contribution in [-0.2, 0) is 9.59 Å². The van der Waals surface area contributed by atoms with Crippen molar-refractivity contribution >= 4 is 35.3 Å². The molecule has 0 atom stereocenters. The molecule has 0 bridgehead atoms. The highest BCUT2D eigenvalue weighted by atomic mass is 35.5. The maximum Gasteiger partial charge on any atom is 0.240 e. The number of hydrazone groups is 1. The zero-order chi connectivity index (χ0) is 21.9. The van der Waals surface area contributed by atoms with E-state index in [4.69, 9.17) is 21.1 Å². The largest absolute Gasteiger partial charge is 0.493 e. The molecule has 0 unspecified atom stereocenters. The summed E-state index contributed by atoms with van der Waals surface area (Å²) in [6, 6.07) is 10.6. The fourth-order valence-corrected chi connectivity index (χ4v) is 2.63. The molecule has 0 saturated heterocycles. The molecule has 0 spiro atoms. The van der Waals surface area contributed by atoms with E-state index in [2.05, 4.69) is 15.8 Å². The summed E-state index contributed by atoms with van der Waals surface area (Å²) in [5, 5.41) is 7.20. The summed E-state index contributed by atoms with van der Waals surface area (Å²) in [6.07, 6.45) is 2.44. The predicted molar refractivity (Wildman–Crippen MR) is 119 cm³/mol. The lowest BCUT2D eigenvalue weighted by atomic mass is 10.2. The van der Waals surface area contributed by atoms with Crippen LogP contribution in [0.2, 0.25) is 5.02 Å². The van der Waals surface area contributed by atoms with E-state index in [1.165, 1.54) is 6.21 Å². The van der Waals surface area contributed by atoms with E-state index in [0.717, 1.165) is 17.5 Å². The number of anilines is 1. The van der Waals surface area contributed by atoms with Crippen molar-refractivity contribution in [2.24, 2.45) is 5.10 Å². The third-order valence-electron chi connectivity index (χ3n) is 4.09. The molecule has 160 valence electrons. The molecule has 0 aromatic heterocycles. The average molecular weight is 432 g/mol. The fraction of sp³-hybridized carbons (Fsp3) is 0.318. The lowest BCUT2D eigenvalue weighted by Gasteiger charge is -2.10. The molecular formula is C22H26ClN3O4. The smallest absolute Gasteiger partial charge is 0.240 e. The van der Waals surface area contributed by atoms with Crippen LogP contribution < -0.4 is 20.2 Å². The molecule has 2 N–H and O–H groups in total. The minimum absolute atomic E-state index is 0.00981. The number of ether oxygens (including phenoxy) is 2. The summed E-state index contributed by atoms with van der Waals surface area (Å²) in [5.74, 6) is 0.604. The molecule has 0 aliphatic rings. The van der Waals surface area contributed by atoms with Gasteiger partial charge in [-0.25, -0.2) is 5.43 Å². The summed E-state index contributed by atoms with van der Waals surface area (Å²) in [5.41, 5.74) is 4.67. The van der Waals surface area contributed by atoms with E-state index in [1.807, 2.05) is 26.0 Å². The first-order valence-corrected chi connectivity index (χ1v) is 9.99. The first-order chi connectivity index (χ1) is 14.4. The number of halogens is 1. The van der Waals surface area contributed by atoms with Crippen molar-refractivity contribution in [3.05, 3.63) is 52.5 Å². The van der Waals surface area contributed by atoms with Crippen LogP contribution >= 0.6 is 11.6 Å². The van der Waals surface area contributed by atoms with Crippen molar-refractivity contribution in [3.63, 3.8) is 0 Å². The second-order valence-corrected chi connectivity index (χ2v) is 6.97. The van der Waals surface area contributed by atoms with Gasteiger partial charge in [-0.05, 0) is 54.8 Å². The van der Waals surface area contributed by atoms with Crippen molar-refractivity contribution in [2.45, 2.75) is 33.1 Å². The second-order valence-electron chi connectivity index (χ2n) is 6.56. The molecule has 0 aliphatic carbocycles. The number of hydrogen-bond donors (Lipinski definition) is 2. The molecule has 2 rings (SSSR count). The van der Waals surface area contributed by atoms with Crippen molar-refractivity contribution < 1.29 is 19.1 Å². The van der Waals surface area contributed by atoms with Gasteiger partial charge in [0, 0.05) is 23.6 Å². The number of carbonyl (C=O) groups is 2. The van der Waals surface area contributed by atoms with Crippen molar-refractivity contribution in [2.75, 3.05) is 19.0 Å². The number of nitrogens with zero attached hydrogens (tertiary/aromatic N) is 1. The Kier molecular flexibility index (Phi) is 9.15. The van der Waals surface area contributed by atoms with Gasteiger partial charge in [-0.2, -0.15) is 5.10 Å².